The van der Waals surface area contributed by atoms with E-state index in [9.17, 15) is 4.79 Å². The third-order valence-corrected chi connectivity index (χ3v) is 1.31. The van der Waals surface area contributed by atoms with Gasteiger partial charge in [0.15, 0.2) is 0 Å². The Hall–Kier alpha value is -1.60. The van der Waals surface area contributed by atoms with E-state index in [-0.39, 0.29) is 12.5 Å². The van der Waals surface area contributed by atoms with Crippen LogP contribution in [0.1, 0.15) is 10.5 Å². The molecule has 11 heavy (non-hydrogen) atoms. The summed E-state index contributed by atoms with van der Waals surface area (Å²) in [6, 6.07) is 5.07. The Bertz CT molecular complexity index is 308. The average Bonchev–Trinajstić information content (AvgIpc) is 2.50. The minimum Gasteiger partial charge on any atom is -0.322 e. The summed E-state index contributed by atoms with van der Waals surface area (Å²) < 4.78 is 1.24. The quantitative estimate of drug-likeness (QED) is 0.608. The molecule has 2 N–H and O–H groups in total. The first-order chi connectivity index (χ1) is 5.29. The predicted octanol–water partition coefficient (Wildman–Crippen LogP) is -0.0413. The van der Waals surface area contributed by atoms with Gasteiger partial charge in [-0.05, 0) is 12.1 Å². The molecule has 0 aliphatic carbocycles. The monoisotopic (exact) mass is 149 g/mol. The first-order valence-corrected chi connectivity index (χ1v) is 3.10. The van der Waals surface area contributed by atoms with Crippen LogP contribution in [0.15, 0.2) is 18.3 Å². The maximum absolute atomic E-state index is 10.9. The molecule has 4 heteroatoms. The molecule has 1 heterocycles. The maximum Gasteiger partial charge on any atom is 0.245 e. The predicted molar refractivity (Wildman–Crippen MR) is 38.8 cm³/mol. The van der Waals surface area contributed by atoms with E-state index in [1.807, 2.05) is 6.07 Å². The fourth-order valence-corrected chi connectivity index (χ4v) is 0.788. The minimum absolute atomic E-state index is 0.0800. The molecule has 0 saturated heterocycles. The van der Waals surface area contributed by atoms with Crippen LogP contribution in [0.2, 0.25) is 0 Å². The SMILES string of the molecule is N#Cc1cccn1C(=O)CN. The molecular formula is C7H7N3O. The van der Waals surface area contributed by atoms with Crippen LogP contribution in [0.4, 0.5) is 0 Å². The average molecular weight is 149 g/mol. The Morgan fingerprint density at radius 3 is 3.09 bits per heavy atom. The van der Waals surface area contributed by atoms with Crippen molar-refractivity contribution in [3.8, 4) is 6.07 Å². The van der Waals surface area contributed by atoms with Gasteiger partial charge in [0.05, 0.1) is 6.54 Å². The third kappa shape index (κ3) is 1.28. The van der Waals surface area contributed by atoms with Crippen LogP contribution < -0.4 is 5.73 Å². The Labute approximate surface area is 63.8 Å². The number of rotatable bonds is 1. The van der Waals surface area contributed by atoms with Gasteiger partial charge in [-0.1, -0.05) is 0 Å². The Morgan fingerprint density at radius 2 is 2.55 bits per heavy atom. The van der Waals surface area contributed by atoms with Gasteiger partial charge in [0.1, 0.15) is 11.8 Å². The molecule has 0 radical (unpaired) electrons. The summed E-state index contributed by atoms with van der Waals surface area (Å²) in [4.78, 5) is 10.9. The number of nitriles is 1. The molecule has 4 nitrogen and oxygen atoms in total. The molecule has 0 unspecified atom stereocenters. The number of nitrogens with zero attached hydrogens (tertiary/aromatic N) is 2. The number of nitrogens with two attached hydrogens (primary N) is 1. The second-order valence-corrected chi connectivity index (χ2v) is 1.97. The lowest BCUT2D eigenvalue weighted by Gasteiger charge is -1.97. The second kappa shape index (κ2) is 2.99. The van der Waals surface area contributed by atoms with E-state index in [4.69, 9.17) is 11.0 Å². The van der Waals surface area contributed by atoms with Gasteiger partial charge < -0.3 is 5.73 Å². The van der Waals surface area contributed by atoms with Crippen LogP contribution in [0, 0.1) is 11.3 Å². The largest absolute Gasteiger partial charge is 0.322 e. The topological polar surface area (TPSA) is 71.8 Å². The molecule has 1 aromatic rings. The van der Waals surface area contributed by atoms with E-state index < -0.39 is 0 Å². The lowest BCUT2D eigenvalue weighted by Crippen LogP contribution is -2.21. The van der Waals surface area contributed by atoms with Crippen LogP contribution in [-0.4, -0.2) is 17.0 Å². The van der Waals surface area contributed by atoms with E-state index in [2.05, 4.69) is 0 Å². The Balaban J connectivity index is 3.05. The van der Waals surface area contributed by atoms with Crippen LogP contribution in [0.25, 0.3) is 0 Å². The smallest absolute Gasteiger partial charge is 0.245 e. The standard InChI is InChI=1S/C7H7N3O/c8-4-6-2-1-3-10(6)7(11)5-9/h1-3H,5,9H2. The van der Waals surface area contributed by atoms with E-state index in [1.165, 1.54) is 10.8 Å². The minimum atomic E-state index is -0.272. The van der Waals surface area contributed by atoms with Crippen molar-refractivity contribution in [3.05, 3.63) is 24.0 Å². The molecule has 0 spiro atoms. The zero-order valence-corrected chi connectivity index (χ0v) is 5.82. The summed E-state index contributed by atoms with van der Waals surface area (Å²) in [5.74, 6) is -0.272. The van der Waals surface area contributed by atoms with Gasteiger partial charge in [0.25, 0.3) is 0 Å². The maximum atomic E-state index is 10.9. The van der Waals surface area contributed by atoms with E-state index >= 15 is 0 Å². The second-order valence-electron chi connectivity index (χ2n) is 1.97. The molecule has 1 rings (SSSR count). The Morgan fingerprint density at radius 1 is 1.82 bits per heavy atom. The molecule has 0 aromatic carbocycles. The van der Waals surface area contributed by atoms with Crippen molar-refractivity contribution in [1.29, 1.82) is 5.26 Å². The first kappa shape index (κ1) is 7.51. The first-order valence-electron chi connectivity index (χ1n) is 3.10. The Kier molecular flexibility index (Phi) is 2.04. The van der Waals surface area contributed by atoms with Crippen molar-refractivity contribution in [2.45, 2.75) is 0 Å². The van der Waals surface area contributed by atoms with Crippen LogP contribution in [0.5, 0.6) is 0 Å². The molecular weight excluding hydrogens is 142 g/mol. The highest BCUT2D eigenvalue weighted by molar-refractivity contribution is 5.82. The summed E-state index contributed by atoms with van der Waals surface area (Å²) in [6.07, 6.45) is 1.52. The van der Waals surface area contributed by atoms with Gasteiger partial charge in [0, 0.05) is 6.20 Å². The zero-order valence-electron chi connectivity index (χ0n) is 5.82. The summed E-state index contributed by atoms with van der Waals surface area (Å²) in [6.45, 7) is -0.0800. The number of hydrogen-bond acceptors (Lipinski definition) is 3. The van der Waals surface area contributed by atoms with Crippen molar-refractivity contribution in [3.63, 3.8) is 0 Å². The van der Waals surface area contributed by atoms with Gasteiger partial charge in [-0.2, -0.15) is 5.26 Å². The number of carbonyl (C=O) groups excluding carboxylic acids is 1. The van der Waals surface area contributed by atoms with E-state index in [0.29, 0.717) is 5.69 Å². The van der Waals surface area contributed by atoms with Crippen LogP contribution >= 0.6 is 0 Å². The van der Waals surface area contributed by atoms with E-state index in [0.717, 1.165) is 0 Å². The van der Waals surface area contributed by atoms with Gasteiger partial charge in [-0.25, -0.2) is 0 Å². The van der Waals surface area contributed by atoms with Crippen molar-refractivity contribution < 1.29 is 4.79 Å². The summed E-state index contributed by atoms with van der Waals surface area (Å²) in [7, 11) is 0. The molecule has 56 valence electrons. The van der Waals surface area contributed by atoms with Crippen molar-refractivity contribution in [1.82, 2.24) is 4.57 Å². The molecule has 0 bridgehead atoms. The molecule has 0 aliphatic heterocycles. The highest BCUT2D eigenvalue weighted by atomic mass is 16.2. The lowest BCUT2D eigenvalue weighted by atomic mass is 10.4. The highest BCUT2D eigenvalue weighted by Crippen LogP contribution is 1.98. The molecule has 0 atom stereocenters. The number of hydrogen-bond donors (Lipinski definition) is 1. The summed E-state index contributed by atoms with van der Waals surface area (Å²) in [5.41, 5.74) is 5.43. The summed E-state index contributed by atoms with van der Waals surface area (Å²) in [5, 5.41) is 8.49. The van der Waals surface area contributed by atoms with Gasteiger partial charge >= 0.3 is 0 Å². The number of aromatic nitrogens is 1. The van der Waals surface area contributed by atoms with Crippen LogP contribution in [-0.2, 0) is 0 Å². The van der Waals surface area contributed by atoms with Crippen molar-refractivity contribution in [2.75, 3.05) is 6.54 Å². The fourth-order valence-electron chi connectivity index (χ4n) is 0.788. The summed E-state index contributed by atoms with van der Waals surface area (Å²) >= 11 is 0. The van der Waals surface area contributed by atoms with Gasteiger partial charge in [-0.15, -0.1) is 0 Å². The molecule has 0 aliphatic rings. The van der Waals surface area contributed by atoms with Gasteiger partial charge in [0.2, 0.25) is 5.91 Å². The molecule has 0 fully saturated rings. The normalized spacial score (nSPS) is 9.09. The third-order valence-electron chi connectivity index (χ3n) is 1.31. The van der Waals surface area contributed by atoms with E-state index in [1.54, 1.807) is 12.1 Å². The van der Waals surface area contributed by atoms with Crippen molar-refractivity contribution >= 4 is 5.91 Å². The number of carbonyl (C=O) groups is 1. The lowest BCUT2D eigenvalue weighted by molar-refractivity contribution is 0.0923. The molecule has 0 amide bonds. The fraction of sp³-hybridized carbons (Fsp3) is 0.143. The zero-order chi connectivity index (χ0) is 8.27. The van der Waals surface area contributed by atoms with Crippen LogP contribution in [0.3, 0.4) is 0 Å². The molecule has 1 aromatic heterocycles. The molecule has 0 saturated carbocycles. The van der Waals surface area contributed by atoms with Crippen molar-refractivity contribution in [2.24, 2.45) is 5.73 Å². The van der Waals surface area contributed by atoms with Gasteiger partial charge in [-0.3, -0.25) is 9.36 Å². The highest BCUT2D eigenvalue weighted by Gasteiger charge is 2.04.